The number of carbonyl (C=O) groups excluding carboxylic acids is 2. The first-order valence-corrected chi connectivity index (χ1v) is 44.6. The van der Waals surface area contributed by atoms with Crippen molar-refractivity contribution in [3.05, 3.63) is 11.4 Å². The highest BCUT2D eigenvalue weighted by Crippen LogP contribution is 2.53. The molecular formula is C84H155N5O32. The number of hydrogen-bond acceptors (Lipinski definition) is 31. The number of nitrogens with one attached hydrogen (secondary N) is 1. The molecule has 1 fully saturated rings. The van der Waals surface area contributed by atoms with E-state index in [1.165, 1.54) is 5.69 Å². The average molecular weight is 1750 g/mol. The van der Waals surface area contributed by atoms with Gasteiger partial charge in [0.05, 0.1) is 328 Å². The van der Waals surface area contributed by atoms with E-state index in [1.807, 2.05) is 4.68 Å². The molecule has 121 heavy (non-hydrogen) atoms. The van der Waals surface area contributed by atoms with Crippen LogP contribution in [0.5, 0.6) is 0 Å². The molecule has 1 heterocycles. The molecule has 2 aliphatic carbocycles. The van der Waals surface area contributed by atoms with Crippen LogP contribution in [-0.4, -0.2) is 377 Å². The number of fused-ring (bicyclic) bond motifs is 2. The predicted octanol–water partition coefficient (Wildman–Crippen LogP) is 6.65. The van der Waals surface area contributed by atoms with Crippen molar-refractivity contribution >= 4 is 29.9 Å². The Morgan fingerprint density at radius 2 is 0.579 bits per heavy atom. The van der Waals surface area contributed by atoms with E-state index < -0.39 is 29.4 Å². The summed E-state index contributed by atoms with van der Waals surface area (Å²) in [5, 5.41) is 40.2. The third kappa shape index (κ3) is 67.4. The molecule has 2 aliphatic rings. The maximum atomic E-state index is 12.2. The second-order valence-electron chi connectivity index (χ2n) is 29.1. The van der Waals surface area contributed by atoms with Gasteiger partial charge in [-0.1, -0.05) is 95.1 Å². The second kappa shape index (κ2) is 83.6. The second-order valence-corrected chi connectivity index (χ2v) is 29.1. The van der Waals surface area contributed by atoms with Crippen LogP contribution in [0.15, 0.2) is 0 Å². The Kier molecular flexibility index (Phi) is 76.4. The van der Waals surface area contributed by atoms with Crippen LogP contribution in [0, 0.1) is 23.2 Å². The molecule has 0 spiro atoms. The molecule has 3 rings (SSSR count). The van der Waals surface area contributed by atoms with Crippen molar-refractivity contribution in [2.24, 2.45) is 28.9 Å². The van der Waals surface area contributed by atoms with Gasteiger partial charge in [-0.3, -0.25) is 19.2 Å². The Hall–Kier alpha value is -4.63. The number of amides is 2. The fourth-order valence-corrected chi connectivity index (χ4v) is 13.1. The number of ether oxygens (including phenoxy) is 24. The van der Waals surface area contributed by atoms with Crippen LogP contribution in [-0.2, 0) is 152 Å². The van der Waals surface area contributed by atoms with Gasteiger partial charge < -0.3 is 140 Å². The molecule has 2 amide bonds. The summed E-state index contributed by atoms with van der Waals surface area (Å²) in [5.74, 6) is -1.73. The van der Waals surface area contributed by atoms with Gasteiger partial charge in [0.15, 0.2) is 5.41 Å². The minimum Gasteiger partial charge on any atom is -0.481 e. The molecule has 0 saturated heterocycles. The molecule has 1 saturated carbocycles. The van der Waals surface area contributed by atoms with Crippen LogP contribution in [0.1, 0.15) is 153 Å². The van der Waals surface area contributed by atoms with E-state index in [0.29, 0.717) is 367 Å². The SMILES string of the molecule is NC(=O)OC[C@@H]1C2CCc3nnn(CCOCCOCCOCCOCCOCCOCCOCCOCCOCCOCCOCCOCCOCCOCCOCCOCCOCCOCCOCCOCCOCCOCCOCCNC(=O)CCCCCCCCCCC(CCCCCCCCCCC(=O)O)(C(=O)O)C(=O)O)c3CC[C@@H]21. The number of nitrogens with zero attached hydrogens (tertiary/aromatic N) is 3. The summed E-state index contributed by atoms with van der Waals surface area (Å²) in [6.45, 7) is 22.9. The minimum atomic E-state index is -1.74. The van der Waals surface area contributed by atoms with Crippen molar-refractivity contribution < 1.29 is 153 Å². The number of aromatic nitrogens is 3. The number of primary amides is 1. The van der Waals surface area contributed by atoms with Crippen molar-refractivity contribution in [1.29, 1.82) is 0 Å². The van der Waals surface area contributed by atoms with Crippen molar-refractivity contribution in [1.82, 2.24) is 20.3 Å². The van der Waals surface area contributed by atoms with Gasteiger partial charge in [-0.15, -0.1) is 5.10 Å². The van der Waals surface area contributed by atoms with E-state index in [9.17, 15) is 34.2 Å². The quantitative estimate of drug-likeness (QED) is 0.0336. The first-order valence-electron chi connectivity index (χ1n) is 44.6. The first-order chi connectivity index (χ1) is 59.5. The molecular weight excluding hydrogens is 1590 g/mol. The number of carboxylic acid groups (broad SMARTS) is 3. The Balaban J connectivity index is 0.861. The zero-order valence-corrected chi connectivity index (χ0v) is 73.0. The molecule has 0 aromatic carbocycles. The van der Waals surface area contributed by atoms with Crippen LogP contribution in [0.25, 0.3) is 0 Å². The molecule has 37 heteroatoms. The van der Waals surface area contributed by atoms with Crippen molar-refractivity contribution in [3.8, 4) is 0 Å². The first kappa shape index (κ1) is 111. The van der Waals surface area contributed by atoms with Gasteiger partial charge in [-0.25, -0.2) is 9.48 Å². The normalized spacial score (nSPS) is 14.6. The Morgan fingerprint density at radius 1 is 0.331 bits per heavy atom. The van der Waals surface area contributed by atoms with Crippen LogP contribution < -0.4 is 11.1 Å². The van der Waals surface area contributed by atoms with Crippen LogP contribution in [0.2, 0.25) is 0 Å². The molecule has 1 aromatic rings. The maximum absolute atomic E-state index is 12.2. The molecule has 708 valence electrons. The average Bonchev–Trinajstić information content (AvgIpc) is 1.61. The van der Waals surface area contributed by atoms with Gasteiger partial charge in [-0.2, -0.15) is 0 Å². The van der Waals surface area contributed by atoms with E-state index in [-0.39, 0.29) is 25.2 Å². The minimum absolute atomic E-state index is 0.00166. The fourth-order valence-electron chi connectivity index (χ4n) is 13.1. The van der Waals surface area contributed by atoms with Crippen molar-refractivity contribution in [2.75, 3.05) is 317 Å². The monoisotopic (exact) mass is 1750 g/mol. The molecule has 3 atom stereocenters. The lowest BCUT2D eigenvalue weighted by Gasteiger charge is -2.25. The number of rotatable bonds is 98. The molecule has 6 N–H and O–H groups in total. The topological polar surface area (TPSA) is 436 Å². The summed E-state index contributed by atoms with van der Waals surface area (Å²) in [5.41, 5.74) is 5.67. The van der Waals surface area contributed by atoms with Crippen molar-refractivity contribution in [2.45, 2.75) is 161 Å². The Morgan fingerprint density at radius 3 is 0.851 bits per heavy atom. The summed E-state index contributed by atoms with van der Waals surface area (Å²) in [6, 6.07) is 0. The molecule has 0 aliphatic heterocycles. The molecule has 1 aromatic heterocycles. The fraction of sp³-hybridized carbons (Fsp3) is 0.917. The van der Waals surface area contributed by atoms with Gasteiger partial charge in [0.2, 0.25) is 5.91 Å². The lowest BCUT2D eigenvalue weighted by atomic mass is 9.78. The van der Waals surface area contributed by atoms with Crippen molar-refractivity contribution in [3.63, 3.8) is 0 Å². The maximum Gasteiger partial charge on any atom is 0.404 e. The third-order valence-electron chi connectivity index (χ3n) is 19.8. The van der Waals surface area contributed by atoms with E-state index >= 15 is 0 Å². The third-order valence-corrected chi connectivity index (χ3v) is 19.8. The number of aliphatic carboxylic acids is 3. The smallest absolute Gasteiger partial charge is 0.404 e. The summed E-state index contributed by atoms with van der Waals surface area (Å²) in [4.78, 5) is 58.1. The summed E-state index contributed by atoms with van der Waals surface area (Å²) < 4.78 is 135. The van der Waals surface area contributed by atoms with Crippen LogP contribution in [0.3, 0.4) is 0 Å². The van der Waals surface area contributed by atoms with E-state index in [1.54, 1.807) is 0 Å². The van der Waals surface area contributed by atoms with Gasteiger partial charge in [0.25, 0.3) is 0 Å². The summed E-state index contributed by atoms with van der Waals surface area (Å²) in [6.07, 6.45) is 17.9. The lowest BCUT2D eigenvalue weighted by Crippen LogP contribution is -2.39. The van der Waals surface area contributed by atoms with Gasteiger partial charge in [0.1, 0.15) is 0 Å². The molecule has 0 bridgehead atoms. The Bertz CT molecular complexity index is 2510. The highest BCUT2D eigenvalue weighted by molar-refractivity contribution is 5.98. The number of hydrogen-bond donors (Lipinski definition) is 5. The standard InChI is InChI=1S/C84H155N5O32/c85-83(97)121-73-76-74-19-21-77-78(22-20-75(74)76)89(88-87-77)26-28-99-30-32-101-34-36-103-38-40-105-42-44-107-46-48-109-50-52-111-54-56-113-58-60-115-62-64-117-66-68-119-70-72-120-71-69-118-67-65-116-63-61-114-59-57-112-55-53-110-51-49-108-47-45-106-43-41-104-39-37-102-35-33-100-31-29-98-27-25-86-79(90)17-13-9-5-1-3-7-11-15-23-84(81(93)94,82(95)96)24-16-12-8-4-2-6-10-14-18-80(91)92/h74-76H,1-73H2,(H2,85,97)(H,86,90)(H,91,92)(H,93,94)(H,95,96)/t74?,75-,76+/m0/s1. The van der Waals surface area contributed by atoms with Gasteiger partial charge in [0, 0.05) is 19.4 Å². The van der Waals surface area contributed by atoms with E-state index in [4.69, 9.17) is 125 Å². The zero-order valence-electron chi connectivity index (χ0n) is 73.0. The number of unbranched alkanes of at least 4 members (excludes halogenated alkanes) is 14. The highest BCUT2D eigenvalue weighted by Gasteiger charge is 2.50. The molecule has 0 radical (unpaired) electrons. The highest BCUT2D eigenvalue weighted by atomic mass is 16.6. The van der Waals surface area contributed by atoms with E-state index in [0.717, 1.165) is 115 Å². The summed E-state index contributed by atoms with van der Waals surface area (Å²) >= 11 is 0. The van der Waals surface area contributed by atoms with Gasteiger partial charge >= 0.3 is 24.0 Å². The van der Waals surface area contributed by atoms with Crippen LogP contribution >= 0.6 is 0 Å². The predicted molar refractivity (Wildman–Crippen MR) is 442 cm³/mol. The number of carbonyl (C=O) groups is 5. The molecule has 1 unspecified atom stereocenters. The number of carboxylic acids is 3. The molecule has 37 nitrogen and oxygen atoms in total. The lowest BCUT2D eigenvalue weighted by molar-refractivity contribution is -0.166. The van der Waals surface area contributed by atoms with Gasteiger partial charge in [-0.05, 0) is 69.1 Å². The van der Waals surface area contributed by atoms with Crippen LogP contribution in [0.4, 0.5) is 4.79 Å². The summed E-state index contributed by atoms with van der Waals surface area (Å²) in [7, 11) is 0. The largest absolute Gasteiger partial charge is 0.481 e. The number of nitrogens with two attached hydrogens (primary N) is 1. The number of aryl methyl sites for hydroxylation is 1. The van der Waals surface area contributed by atoms with E-state index in [2.05, 4.69) is 15.6 Å². The zero-order chi connectivity index (χ0) is 86.6. The Labute approximate surface area is 718 Å².